The van der Waals surface area contributed by atoms with Gasteiger partial charge < -0.3 is 10.1 Å². The first-order chi connectivity index (χ1) is 10.1. The first kappa shape index (κ1) is 14.4. The number of benzene rings is 1. The number of aryl methyl sites for hydroxylation is 1. The second-order valence-electron chi connectivity index (χ2n) is 5.01. The number of nitrogens with two attached hydrogens (primary N) is 1. The van der Waals surface area contributed by atoms with Gasteiger partial charge in [0.05, 0.1) is 21.4 Å². The quantitative estimate of drug-likeness (QED) is 0.789. The van der Waals surface area contributed by atoms with E-state index in [1.165, 1.54) is 5.56 Å². The number of halogens is 2. The van der Waals surface area contributed by atoms with Crippen LogP contribution in [0.1, 0.15) is 11.3 Å². The Morgan fingerprint density at radius 2 is 1.95 bits per heavy atom. The molecule has 108 valence electrons. The van der Waals surface area contributed by atoms with Crippen LogP contribution in [0.15, 0.2) is 36.5 Å². The zero-order valence-corrected chi connectivity index (χ0v) is 13.1. The van der Waals surface area contributed by atoms with Crippen molar-refractivity contribution in [1.29, 1.82) is 0 Å². The predicted octanol–water partition coefficient (Wildman–Crippen LogP) is 4.12. The average Bonchev–Trinajstić information content (AvgIpc) is 2.80. The monoisotopic (exact) mass is 319 g/mol. The van der Waals surface area contributed by atoms with Crippen LogP contribution < -0.4 is 5.73 Å². The van der Waals surface area contributed by atoms with E-state index in [-0.39, 0.29) is 0 Å². The standard InChI is InChI=1S/C16H15Cl2N3/c1-10-5-7-21-14(4-6-19)16(20-15(21)8-10)11-2-3-12(17)13(18)9-11/h2-3,5,7-9H,4,6,19H2,1H3. The van der Waals surface area contributed by atoms with E-state index >= 15 is 0 Å². The number of imidazole rings is 1. The van der Waals surface area contributed by atoms with Gasteiger partial charge in [0.2, 0.25) is 0 Å². The van der Waals surface area contributed by atoms with Crippen LogP contribution in [0.25, 0.3) is 16.9 Å². The van der Waals surface area contributed by atoms with E-state index < -0.39 is 0 Å². The number of hydrogen-bond donors (Lipinski definition) is 1. The Labute approximate surface area is 133 Å². The van der Waals surface area contributed by atoms with Crippen molar-refractivity contribution in [1.82, 2.24) is 9.38 Å². The van der Waals surface area contributed by atoms with E-state index in [9.17, 15) is 0 Å². The predicted molar refractivity (Wildman–Crippen MR) is 88.1 cm³/mol. The molecule has 0 atom stereocenters. The Morgan fingerprint density at radius 1 is 1.14 bits per heavy atom. The molecule has 0 saturated heterocycles. The highest BCUT2D eigenvalue weighted by atomic mass is 35.5. The second kappa shape index (κ2) is 5.68. The number of rotatable bonds is 3. The second-order valence-corrected chi connectivity index (χ2v) is 5.82. The third-order valence-corrected chi connectivity index (χ3v) is 4.19. The average molecular weight is 320 g/mol. The van der Waals surface area contributed by atoms with Gasteiger partial charge in [0, 0.05) is 18.2 Å². The van der Waals surface area contributed by atoms with E-state index in [2.05, 4.69) is 23.5 Å². The fraction of sp³-hybridized carbons (Fsp3) is 0.188. The van der Waals surface area contributed by atoms with Crippen molar-refractivity contribution in [2.75, 3.05) is 6.54 Å². The molecular weight excluding hydrogens is 305 g/mol. The molecule has 0 fully saturated rings. The molecule has 0 saturated carbocycles. The maximum atomic E-state index is 6.13. The lowest BCUT2D eigenvalue weighted by Gasteiger charge is -2.05. The van der Waals surface area contributed by atoms with Gasteiger partial charge in [-0.3, -0.25) is 0 Å². The largest absolute Gasteiger partial charge is 0.330 e. The van der Waals surface area contributed by atoms with Crippen molar-refractivity contribution in [3.05, 3.63) is 57.8 Å². The molecule has 3 nitrogen and oxygen atoms in total. The van der Waals surface area contributed by atoms with Gasteiger partial charge in [-0.1, -0.05) is 29.3 Å². The summed E-state index contributed by atoms with van der Waals surface area (Å²) in [5, 5.41) is 1.07. The van der Waals surface area contributed by atoms with E-state index in [1.807, 2.05) is 18.3 Å². The molecule has 0 radical (unpaired) electrons. The van der Waals surface area contributed by atoms with Crippen LogP contribution >= 0.6 is 23.2 Å². The summed E-state index contributed by atoms with van der Waals surface area (Å²) >= 11 is 12.1. The molecule has 3 aromatic rings. The van der Waals surface area contributed by atoms with Crippen LogP contribution in [0.2, 0.25) is 10.0 Å². The fourth-order valence-electron chi connectivity index (χ4n) is 2.45. The third kappa shape index (κ3) is 2.64. The van der Waals surface area contributed by atoms with E-state index in [4.69, 9.17) is 33.9 Å². The minimum Gasteiger partial charge on any atom is -0.330 e. The smallest absolute Gasteiger partial charge is 0.137 e. The SMILES string of the molecule is Cc1ccn2c(CCN)c(-c3ccc(Cl)c(Cl)c3)nc2c1. The van der Waals surface area contributed by atoms with Gasteiger partial charge in [0.1, 0.15) is 5.65 Å². The Balaban J connectivity index is 2.24. The lowest BCUT2D eigenvalue weighted by molar-refractivity contribution is 0.906. The highest BCUT2D eigenvalue weighted by Crippen LogP contribution is 2.30. The summed E-state index contributed by atoms with van der Waals surface area (Å²) < 4.78 is 2.08. The van der Waals surface area contributed by atoms with Crippen molar-refractivity contribution >= 4 is 28.8 Å². The Morgan fingerprint density at radius 3 is 2.67 bits per heavy atom. The van der Waals surface area contributed by atoms with Gasteiger partial charge in [-0.05, 0) is 43.3 Å². The molecule has 5 heteroatoms. The molecule has 0 aliphatic carbocycles. The van der Waals surface area contributed by atoms with Crippen molar-refractivity contribution in [3.63, 3.8) is 0 Å². The molecule has 21 heavy (non-hydrogen) atoms. The van der Waals surface area contributed by atoms with Crippen molar-refractivity contribution in [2.45, 2.75) is 13.3 Å². The first-order valence-corrected chi connectivity index (χ1v) is 7.49. The molecule has 2 heterocycles. The first-order valence-electron chi connectivity index (χ1n) is 6.73. The molecule has 0 bridgehead atoms. The van der Waals surface area contributed by atoms with Gasteiger partial charge >= 0.3 is 0 Å². The van der Waals surface area contributed by atoms with Gasteiger partial charge in [0.25, 0.3) is 0 Å². The molecule has 2 N–H and O–H groups in total. The van der Waals surface area contributed by atoms with Gasteiger partial charge in [-0.2, -0.15) is 0 Å². The number of hydrogen-bond acceptors (Lipinski definition) is 2. The van der Waals surface area contributed by atoms with Crippen LogP contribution in [0.5, 0.6) is 0 Å². The molecule has 0 aliphatic rings. The summed E-state index contributed by atoms with van der Waals surface area (Å²) in [6.45, 7) is 2.62. The van der Waals surface area contributed by atoms with Crippen LogP contribution in [-0.4, -0.2) is 15.9 Å². The topological polar surface area (TPSA) is 43.3 Å². The third-order valence-electron chi connectivity index (χ3n) is 3.45. The van der Waals surface area contributed by atoms with Gasteiger partial charge in [-0.15, -0.1) is 0 Å². The number of aromatic nitrogens is 2. The molecule has 0 spiro atoms. The van der Waals surface area contributed by atoms with Crippen LogP contribution in [0.4, 0.5) is 0 Å². The summed E-state index contributed by atoms with van der Waals surface area (Å²) in [5.41, 5.74) is 10.8. The van der Waals surface area contributed by atoms with E-state index in [1.54, 1.807) is 6.07 Å². The highest BCUT2D eigenvalue weighted by molar-refractivity contribution is 6.42. The summed E-state index contributed by atoms with van der Waals surface area (Å²) in [7, 11) is 0. The van der Waals surface area contributed by atoms with Gasteiger partial charge in [0.15, 0.2) is 0 Å². The molecule has 3 rings (SSSR count). The molecular formula is C16H15Cl2N3. The Kier molecular flexibility index (Phi) is 3.89. The lowest BCUT2D eigenvalue weighted by Crippen LogP contribution is -2.06. The van der Waals surface area contributed by atoms with Crippen molar-refractivity contribution < 1.29 is 0 Å². The van der Waals surface area contributed by atoms with Crippen molar-refractivity contribution in [3.8, 4) is 11.3 Å². The minimum atomic E-state index is 0.529. The normalized spacial score (nSPS) is 11.2. The maximum Gasteiger partial charge on any atom is 0.137 e. The Hall–Kier alpha value is -1.55. The zero-order valence-electron chi connectivity index (χ0n) is 11.6. The fourth-order valence-corrected chi connectivity index (χ4v) is 2.75. The van der Waals surface area contributed by atoms with Crippen LogP contribution in [-0.2, 0) is 6.42 Å². The van der Waals surface area contributed by atoms with E-state index in [0.29, 0.717) is 16.6 Å². The number of nitrogens with zero attached hydrogens (tertiary/aromatic N) is 2. The Bertz CT molecular complexity index is 809. The van der Waals surface area contributed by atoms with Gasteiger partial charge in [-0.25, -0.2) is 4.98 Å². The molecule has 0 amide bonds. The summed E-state index contributed by atoms with van der Waals surface area (Å²) in [6, 6.07) is 9.69. The molecule has 0 unspecified atom stereocenters. The highest BCUT2D eigenvalue weighted by Gasteiger charge is 2.14. The van der Waals surface area contributed by atoms with Crippen LogP contribution in [0.3, 0.4) is 0 Å². The number of fused-ring (bicyclic) bond motifs is 1. The van der Waals surface area contributed by atoms with Crippen molar-refractivity contribution in [2.24, 2.45) is 5.73 Å². The lowest BCUT2D eigenvalue weighted by atomic mass is 10.1. The van der Waals surface area contributed by atoms with Crippen LogP contribution in [0, 0.1) is 6.92 Å². The summed E-state index contributed by atoms with van der Waals surface area (Å²) in [6.07, 6.45) is 2.78. The summed E-state index contributed by atoms with van der Waals surface area (Å²) in [5.74, 6) is 0. The van der Waals surface area contributed by atoms with E-state index in [0.717, 1.165) is 29.0 Å². The zero-order chi connectivity index (χ0) is 15.0. The molecule has 2 aromatic heterocycles. The minimum absolute atomic E-state index is 0.529. The summed E-state index contributed by atoms with van der Waals surface area (Å²) in [4.78, 5) is 4.74. The maximum absolute atomic E-state index is 6.13. The number of pyridine rings is 1. The molecule has 0 aliphatic heterocycles. The molecule has 1 aromatic carbocycles.